The Morgan fingerprint density at radius 2 is 2.00 bits per heavy atom. The molecule has 0 aromatic rings. The molecule has 0 aromatic heterocycles. The van der Waals surface area contributed by atoms with E-state index in [1.807, 2.05) is 13.8 Å². The SMILES string of the molecule is C=C1C(=O)O[C@@H]2/C=C(\C)C[C@@H](O)/C=C(\C)C[C@@H](OC(=O)/C(=C\C)CO)[C@@H]12. The molecule has 1 saturated heterocycles. The first-order chi connectivity index (χ1) is 12.3. The molecule has 1 heterocycles. The quantitative estimate of drug-likeness (QED) is 0.453. The van der Waals surface area contributed by atoms with Crippen molar-refractivity contribution in [1.29, 1.82) is 0 Å². The fourth-order valence-electron chi connectivity index (χ4n) is 3.36. The highest BCUT2D eigenvalue weighted by Crippen LogP contribution is 2.36. The summed E-state index contributed by atoms with van der Waals surface area (Å²) in [4.78, 5) is 24.4. The van der Waals surface area contributed by atoms with Crippen LogP contribution in [0.15, 0.2) is 47.1 Å². The van der Waals surface area contributed by atoms with Gasteiger partial charge in [0.15, 0.2) is 0 Å². The molecule has 2 N–H and O–H groups in total. The lowest BCUT2D eigenvalue weighted by Crippen LogP contribution is -2.34. The average Bonchev–Trinajstić information content (AvgIpc) is 2.81. The number of carbonyl (C=O) groups excluding carboxylic acids is 2. The molecule has 26 heavy (non-hydrogen) atoms. The Morgan fingerprint density at radius 3 is 2.62 bits per heavy atom. The lowest BCUT2D eigenvalue weighted by Gasteiger charge is -2.28. The van der Waals surface area contributed by atoms with Crippen molar-refractivity contribution < 1.29 is 29.3 Å². The van der Waals surface area contributed by atoms with Crippen molar-refractivity contribution in [3.63, 3.8) is 0 Å². The fraction of sp³-hybridized carbons (Fsp3) is 0.500. The van der Waals surface area contributed by atoms with Crippen molar-refractivity contribution in [2.75, 3.05) is 6.61 Å². The van der Waals surface area contributed by atoms with E-state index in [4.69, 9.17) is 9.47 Å². The molecule has 0 amide bonds. The lowest BCUT2D eigenvalue weighted by atomic mass is 9.85. The zero-order chi connectivity index (χ0) is 19.4. The van der Waals surface area contributed by atoms with E-state index in [1.165, 1.54) is 6.08 Å². The van der Waals surface area contributed by atoms with Crippen LogP contribution in [0.4, 0.5) is 0 Å². The Bertz CT molecular complexity index is 684. The van der Waals surface area contributed by atoms with Crippen LogP contribution in [0.25, 0.3) is 0 Å². The second-order valence-electron chi connectivity index (χ2n) is 6.84. The predicted molar refractivity (Wildman–Crippen MR) is 96.0 cm³/mol. The van der Waals surface area contributed by atoms with Crippen LogP contribution in [0.1, 0.15) is 33.6 Å². The van der Waals surface area contributed by atoms with Crippen molar-refractivity contribution in [2.24, 2.45) is 5.92 Å². The number of allylic oxidation sites excluding steroid dienone is 1. The third-order valence-electron chi connectivity index (χ3n) is 4.68. The number of aliphatic hydroxyl groups excluding tert-OH is 2. The van der Waals surface area contributed by atoms with E-state index in [0.717, 1.165) is 11.1 Å². The Morgan fingerprint density at radius 1 is 1.35 bits per heavy atom. The molecule has 0 unspecified atom stereocenters. The first-order valence-electron chi connectivity index (χ1n) is 8.66. The molecule has 6 nitrogen and oxygen atoms in total. The molecular weight excluding hydrogens is 336 g/mol. The van der Waals surface area contributed by atoms with Crippen LogP contribution in [-0.4, -0.2) is 47.1 Å². The summed E-state index contributed by atoms with van der Waals surface area (Å²) in [5, 5.41) is 19.4. The molecule has 6 heteroatoms. The van der Waals surface area contributed by atoms with Gasteiger partial charge in [0.2, 0.25) is 0 Å². The van der Waals surface area contributed by atoms with Gasteiger partial charge in [-0.3, -0.25) is 0 Å². The van der Waals surface area contributed by atoms with Crippen LogP contribution in [-0.2, 0) is 19.1 Å². The molecule has 0 bridgehead atoms. The van der Waals surface area contributed by atoms with E-state index in [-0.39, 0.29) is 11.1 Å². The number of hydrogen-bond acceptors (Lipinski definition) is 6. The van der Waals surface area contributed by atoms with Gasteiger partial charge in [-0.2, -0.15) is 0 Å². The third kappa shape index (κ3) is 4.51. The molecule has 0 saturated carbocycles. The van der Waals surface area contributed by atoms with Crippen LogP contribution < -0.4 is 0 Å². The minimum Gasteiger partial charge on any atom is -0.458 e. The van der Waals surface area contributed by atoms with Gasteiger partial charge in [-0.1, -0.05) is 29.9 Å². The predicted octanol–water partition coefficient (Wildman–Crippen LogP) is 1.98. The van der Waals surface area contributed by atoms with Crippen LogP contribution in [0, 0.1) is 5.92 Å². The number of esters is 2. The van der Waals surface area contributed by atoms with E-state index in [1.54, 1.807) is 19.1 Å². The first-order valence-corrected chi connectivity index (χ1v) is 8.66. The van der Waals surface area contributed by atoms with Gasteiger partial charge in [0.1, 0.15) is 12.2 Å². The van der Waals surface area contributed by atoms with Crippen molar-refractivity contribution in [3.05, 3.63) is 47.1 Å². The maximum Gasteiger partial charge on any atom is 0.336 e. The molecule has 1 aliphatic carbocycles. The van der Waals surface area contributed by atoms with Crippen LogP contribution in [0.2, 0.25) is 0 Å². The third-order valence-corrected chi connectivity index (χ3v) is 4.68. The number of ether oxygens (including phenoxy) is 2. The second kappa shape index (κ2) is 8.47. The van der Waals surface area contributed by atoms with Gasteiger partial charge in [-0.05, 0) is 33.3 Å². The van der Waals surface area contributed by atoms with Gasteiger partial charge in [0.05, 0.1) is 24.2 Å². The zero-order valence-corrected chi connectivity index (χ0v) is 15.4. The summed E-state index contributed by atoms with van der Waals surface area (Å²) in [6, 6.07) is 0. The minimum atomic E-state index is -0.696. The fourth-order valence-corrected chi connectivity index (χ4v) is 3.36. The highest BCUT2D eigenvalue weighted by Gasteiger charge is 2.44. The number of hydrogen-bond donors (Lipinski definition) is 2. The Labute approximate surface area is 153 Å². The van der Waals surface area contributed by atoms with E-state index in [2.05, 4.69) is 6.58 Å². The molecule has 142 valence electrons. The highest BCUT2D eigenvalue weighted by atomic mass is 16.6. The summed E-state index contributed by atoms with van der Waals surface area (Å²) in [6.07, 6.45) is 3.79. The van der Waals surface area contributed by atoms with Gasteiger partial charge < -0.3 is 19.7 Å². The second-order valence-corrected chi connectivity index (χ2v) is 6.84. The summed E-state index contributed by atoms with van der Waals surface area (Å²) < 4.78 is 11.0. The molecule has 1 aliphatic heterocycles. The van der Waals surface area contributed by atoms with Gasteiger partial charge in [-0.15, -0.1) is 0 Å². The molecular formula is C20H26O6. The first kappa shape index (κ1) is 20.1. The van der Waals surface area contributed by atoms with Crippen molar-refractivity contribution in [1.82, 2.24) is 0 Å². The standard InChI is InChI=1S/C20H26O6/c1-5-14(10-21)20(24)26-17-9-12(3)7-15(22)6-11(2)8-16-18(17)13(4)19(23)25-16/h5,7-8,15-18,21-22H,4,6,9-10H2,1-3H3/b11-8+,12-7+,14-5-/t15-,16-,17-,18+/m1/s1. The van der Waals surface area contributed by atoms with Crippen molar-refractivity contribution >= 4 is 11.9 Å². The summed E-state index contributed by atoms with van der Waals surface area (Å²) in [6.45, 7) is 8.72. The number of rotatable bonds is 3. The van der Waals surface area contributed by atoms with Crippen molar-refractivity contribution in [3.8, 4) is 0 Å². The molecule has 1 fully saturated rings. The topological polar surface area (TPSA) is 93.1 Å². The monoisotopic (exact) mass is 362 g/mol. The van der Waals surface area contributed by atoms with E-state index in [9.17, 15) is 19.8 Å². The van der Waals surface area contributed by atoms with Crippen molar-refractivity contribution in [2.45, 2.75) is 51.9 Å². The Hall–Kier alpha value is -2.18. The average molecular weight is 362 g/mol. The van der Waals surface area contributed by atoms with Crippen LogP contribution in [0.5, 0.6) is 0 Å². The molecule has 2 aliphatic rings. The zero-order valence-electron chi connectivity index (χ0n) is 15.4. The Balaban J connectivity index is 2.41. The van der Waals surface area contributed by atoms with Crippen LogP contribution in [0.3, 0.4) is 0 Å². The smallest absolute Gasteiger partial charge is 0.336 e. The molecule has 2 rings (SSSR count). The van der Waals surface area contributed by atoms with Gasteiger partial charge >= 0.3 is 11.9 Å². The number of fused-ring (bicyclic) bond motifs is 1. The van der Waals surface area contributed by atoms with E-state index in [0.29, 0.717) is 12.8 Å². The normalized spacial score (nSPS) is 34.1. The largest absolute Gasteiger partial charge is 0.458 e. The van der Waals surface area contributed by atoms with E-state index < -0.39 is 42.8 Å². The summed E-state index contributed by atoms with van der Waals surface area (Å²) in [7, 11) is 0. The summed E-state index contributed by atoms with van der Waals surface area (Å²) in [5.41, 5.74) is 2.11. The Kier molecular flexibility index (Phi) is 6.56. The summed E-state index contributed by atoms with van der Waals surface area (Å²) in [5.74, 6) is -1.67. The number of aliphatic hydroxyl groups is 2. The van der Waals surface area contributed by atoms with E-state index >= 15 is 0 Å². The molecule has 0 radical (unpaired) electrons. The summed E-state index contributed by atoms with van der Waals surface area (Å²) >= 11 is 0. The molecule has 0 aromatic carbocycles. The maximum absolute atomic E-state index is 12.3. The van der Waals surface area contributed by atoms with Gasteiger partial charge in [0, 0.05) is 12.0 Å². The molecule has 4 atom stereocenters. The number of carbonyl (C=O) groups is 2. The van der Waals surface area contributed by atoms with Gasteiger partial charge in [-0.25, -0.2) is 9.59 Å². The van der Waals surface area contributed by atoms with Crippen LogP contribution >= 0.6 is 0 Å². The van der Waals surface area contributed by atoms with Gasteiger partial charge in [0.25, 0.3) is 0 Å². The molecule has 0 spiro atoms. The lowest BCUT2D eigenvalue weighted by molar-refractivity contribution is -0.147. The minimum absolute atomic E-state index is 0.142. The highest BCUT2D eigenvalue weighted by molar-refractivity contribution is 5.92. The maximum atomic E-state index is 12.3.